The van der Waals surface area contributed by atoms with Crippen molar-refractivity contribution in [3.8, 4) is 11.3 Å². The zero-order valence-electron chi connectivity index (χ0n) is 7.51. The van der Waals surface area contributed by atoms with Crippen molar-refractivity contribution in [2.75, 3.05) is 5.06 Å². The van der Waals surface area contributed by atoms with Crippen molar-refractivity contribution < 1.29 is 5.21 Å². The number of H-pyrrole nitrogens is 1. The Kier molecular flexibility index (Phi) is 2.20. The van der Waals surface area contributed by atoms with E-state index in [0.29, 0.717) is 11.4 Å². The number of aromatic amines is 1. The second-order valence-corrected chi connectivity index (χ2v) is 2.88. The summed E-state index contributed by atoms with van der Waals surface area (Å²) in [5, 5.41) is 16.7. The van der Waals surface area contributed by atoms with Crippen LogP contribution in [0.15, 0.2) is 36.5 Å². The lowest BCUT2D eigenvalue weighted by molar-refractivity contribution is 0.294. The normalized spacial score (nSPS) is 10.1. The minimum absolute atomic E-state index is 0.552. The van der Waals surface area contributed by atoms with Gasteiger partial charge in [-0.15, -0.1) is 0 Å². The van der Waals surface area contributed by atoms with Gasteiger partial charge in [-0.3, -0.25) is 15.4 Å². The van der Waals surface area contributed by atoms with E-state index < -0.39 is 0 Å². The van der Waals surface area contributed by atoms with Crippen LogP contribution in [0.25, 0.3) is 11.3 Å². The third-order valence-corrected chi connectivity index (χ3v) is 1.95. The molecule has 0 aliphatic heterocycles. The molecular weight excluding hydrogens is 178 g/mol. The van der Waals surface area contributed by atoms with Crippen LogP contribution in [0.5, 0.6) is 0 Å². The first-order valence-electron chi connectivity index (χ1n) is 4.18. The van der Waals surface area contributed by atoms with E-state index >= 15 is 0 Å². The Labute approximate surface area is 81.8 Å². The Morgan fingerprint density at radius 2 is 2.00 bits per heavy atom. The standard InChI is InChI=1S/C10H10N3O/c1-13(14)9-7-11-12-10(9)8-5-3-2-4-6-8/h2-7,14H,1H2,(H,11,12). The zero-order valence-corrected chi connectivity index (χ0v) is 7.51. The number of hydrogen-bond acceptors (Lipinski definition) is 3. The van der Waals surface area contributed by atoms with Crippen LogP contribution in [0.2, 0.25) is 0 Å². The first-order valence-corrected chi connectivity index (χ1v) is 4.18. The van der Waals surface area contributed by atoms with Crippen molar-refractivity contribution in [1.82, 2.24) is 10.2 Å². The quantitative estimate of drug-likeness (QED) is 0.709. The summed E-state index contributed by atoms with van der Waals surface area (Å²) < 4.78 is 0. The smallest absolute Gasteiger partial charge is 0.118 e. The molecule has 2 N–H and O–H groups in total. The van der Waals surface area contributed by atoms with E-state index in [0.717, 1.165) is 10.6 Å². The maximum Gasteiger partial charge on any atom is 0.118 e. The first kappa shape index (κ1) is 8.77. The van der Waals surface area contributed by atoms with Crippen LogP contribution in [0.4, 0.5) is 5.69 Å². The van der Waals surface area contributed by atoms with Gasteiger partial charge in [0.25, 0.3) is 0 Å². The summed E-state index contributed by atoms with van der Waals surface area (Å²) in [6, 6.07) is 9.60. The Bertz CT molecular complexity index is 408. The fraction of sp³-hybridized carbons (Fsp3) is 0. The van der Waals surface area contributed by atoms with Crippen molar-refractivity contribution in [3.05, 3.63) is 43.6 Å². The predicted octanol–water partition coefficient (Wildman–Crippen LogP) is 2.06. The molecular formula is C10H10N3O. The van der Waals surface area contributed by atoms with Gasteiger partial charge in [0.05, 0.1) is 7.05 Å². The number of benzene rings is 1. The zero-order chi connectivity index (χ0) is 9.97. The van der Waals surface area contributed by atoms with Gasteiger partial charge in [0.2, 0.25) is 0 Å². The second kappa shape index (κ2) is 3.51. The number of hydroxylamine groups is 1. The van der Waals surface area contributed by atoms with E-state index in [9.17, 15) is 5.21 Å². The monoisotopic (exact) mass is 188 g/mol. The lowest BCUT2D eigenvalue weighted by Gasteiger charge is -2.08. The van der Waals surface area contributed by atoms with Crippen LogP contribution >= 0.6 is 0 Å². The third kappa shape index (κ3) is 1.47. The van der Waals surface area contributed by atoms with Gasteiger partial charge in [0.1, 0.15) is 11.4 Å². The van der Waals surface area contributed by atoms with Crippen LogP contribution in [0.3, 0.4) is 0 Å². The van der Waals surface area contributed by atoms with Crippen LogP contribution in [0.1, 0.15) is 0 Å². The molecule has 0 saturated carbocycles. The SMILES string of the molecule is [CH2]N(O)c1c[nH]nc1-c1ccccc1. The summed E-state index contributed by atoms with van der Waals surface area (Å²) in [6.45, 7) is 0. The Balaban J connectivity index is 2.47. The largest absolute Gasteiger partial charge is 0.288 e. The van der Waals surface area contributed by atoms with Gasteiger partial charge in [-0.1, -0.05) is 30.3 Å². The summed E-state index contributed by atoms with van der Waals surface area (Å²) >= 11 is 0. The van der Waals surface area contributed by atoms with E-state index in [-0.39, 0.29) is 0 Å². The molecule has 1 aromatic carbocycles. The minimum atomic E-state index is 0.552. The molecule has 1 radical (unpaired) electrons. The molecule has 14 heavy (non-hydrogen) atoms. The molecule has 1 heterocycles. The molecule has 2 rings (SSSR count). The van der Waals surface area contributed by atoms with Gasteiger partial charge in [0, 0.05) is 11.8 Å². The molecule has 0 spiro atoms. The molecule has 0 atom stereocenters. The van der Waals surface area contributed by atoms with Crippen LogP contribution < -0.4 is 5.06 Å². The minimum Gasteiger partial charge on any atom is -0.288 e. The maximum atomic E-state index is 9.22. The van der Waals surface area contributed by atoms with Gasteiger partial charge in [-0.2, -0.15) is 5.10 Å². The summed E-state index contributed by atoms with van der Waals surface area (Å²) in [6.07, 6.45) is 1.59. The highest BCUT2D eigenvalue weighted by Crippen LogP contribution is 2.26. The van der Waals surface area contributed by atoms with Crippen molar-refractivity contribution in [2.24, 2.45) is 0 Å². The van der Waals surface area contributed by atoms with Crippen molar-refractivity contribution in [3.63, 3.8) is 0 Å². The molecule has 0 bridgehead atoms. The fourth-order valence-corrected chi connectivity index (χ4v) is 1.29. The maximum absolute atomic E-state index is 9.22. The molecule has 4 heteroatoms. The van der Waals surface area contributed by atoms with Crippen LogP contribution in [0, 0.1) is 7.05 Å². The molecule has 2 aromatic rings. The number of nitrogens with zero attached hydrogens (tertiary/aromatic N) is 2. The molecule has 1 aromatic heterocycles. The van der Waals surface area contributed by atoms with Crippen molar-refractivity contribution >= 4 is 5.69 Å². The number of hydrogen-bond donors (Lipinski definition) is 2. The summed E-state index contributed by atoms with van der Waals surface area (Å²) in [5.41, 5.74) is 2.17. The van der Waals surface area contributed by atoms with E-state index in [1.165, 1.54) is 0 Å². The lowest BCUT2D eigenvalue weighted by Crippen LogP contribution is -2.06. The number of aromatic nitrogens is 2. The highest BCUT2D eigenvalue weighted by Gasteiger charge is 2.09. The average Bonchev–Trinajstić information content (AvgIpc) is 2.67. The van der Waals surface area contributed by atoms with Crippen LogP contribution in [-0.2, 0) is 0 Å². The molecule has 0 aliphatic rings. The lowest BCUT2D eigenvalue weighted by atomic mass is 10.1. The fourth-order valence-electron chi connectivity index (χ4n) is 1.29. The molecule has 4 nitrogen and oxygen atoms in total. The van der Waals surface area contributed by atoms with Gasteiger partial charge >= 0.3 is 0 Å². The molecule has 0 unspecified atom stereocenters. The van der Waals surface area contributed by atoms with Gasteiger partial charge in [-0.25, -0.2) is 0 Å². The molecule has 0 aliphatic carbocycles. The number of anilines is 1. The highest BCUT2D eigenvalue weighted by molar-refractivity contribution is 5.73. The summed E-state index contributed by atoms with van der Waals surface area (Å²) in [5.74, 6) is 0. The van der Waals surface area contributed by atoms with E-state index in [1.54, 1.807) is 6.20 Å². The van der Waals surface area contributed by atoms with E-state index in [1.807, 2.05) is 30.3 Å². The van der Waals surface area contributed by atoms with E-state index in [2.05, 4.69) is 17.2 Å². The number of nitrogens with one attached hydrogen (secondary N) is 1. The van der Waals surface area contributed by atoms with Gasteiger partial charge in [-0.05, 0) is 0 Å². The average molecular weight is 188 g/mol. The van der Waals surface area contributed by atoms with Gasteiger partial charge < -0.3 is 0 Å². The molecule has 0 fully saturated rings. The van der Waals surface area contributed by atoms with Crippen LogP contribution in [-0.4, -0.2) is 15.4 Å². The van der Waals surface area contributed by atoms with Crippen molar-refractivity contribution in [2.45, 2.75) is 0 Å². The van der Waals surface area contributed by atoms with Crippen molar-refractivity contribution in [1.29, 1.82) is 0 Å². The summed E-state index contributed by atoms with van der Waals surface area (Å²) in [7, 11) is 3.40. The summed E-state index contributed by atoms with van der Waals surface area (Å²) in [4.78, 5) is 0. The second-order valence-electron chi connectivity index (χ2n) is 2.88. The predicted molar refractivity (Wildman–Crippen MR) is 53.6 cm³/mol. The third-order valence-electron chi connectivity index (χ3n) is 1.95. The molecule has 71 valence electrons. The highest BCUT2D eigenvalue weighted by atomic mass is 16.5. The van der Waals surface area contributed by atoms with Gasteiger partial charge in [0.15, 0.2) is 0 Å². The number of rotatable bonds is 2. The Hall–Kier alpha value is -1.81. The Morgan fingerprint density at radius 3 is 2.64 bits per heavy atom. The molecule has 0 saturated heterocycles. The molecule has 0 amide bonds. The van der Waals surface area contributed by atoms with E-state index in [4.69, 9.17) is 0 Å². The first-order chi connectivity index (χ1) is 6.79. The topological polar surface area (TPSA) is 52.1 Å². The Morgan fingerprint density at radius 1 is 1.29 bits per heavy atom.